The molecule has 7 rings (SSSR count). The maximum Gasteiger partial charge on any atom is 0.285 e. The largest absolute Gasteiger partial charge is 0.285 e. The van der Waals surface area contributed by atoms with Crippen LogP contribution in [0.1, 0.15) is 28.2 Å². The zero-order chi connectivity index (χ0) is 21.5. The van der Waals surface area contributed by atoms with Crippen LogP contribution >= 0.6 is 15.9 Å². The molecule has 31 heavy (non-hydrogen) atoms. The van der Waals surface area contributed by atoms with E-state index in [0.29, 0.717) is 16.8 Å². The minimum absolute atomic E-state index is 0.354. The van der Waals surface area contributed by atoms with E-state index in [2.05, 4.69) is 15.9 Å². The number of anilines is 1. The molecule has 0 aromatic heterocycles. The van der Waals surface area contributed by atoms with E-state index in [4.69, 9.17) is 0 Å². The van der Waals surface area contributed by atoms with Crippen LogP contribution in [0.2, 0.25) is 0 Å². The Morgan fingerprint density at radius 1 is 0.871 bits per heavy atom. The Bertz CT molecular complexity index is 1270. The van der Waals surface area contributed by atoms with Crippen LogP contribution in [0.3, 0.4) is 0 Å². The van der Waals surface area contributed by atoms with Gasteiger partial charge in [-0.2, -0.15) is 0 Å². The Kier molecular flexibility index (Phi) is 3.63. The van der Waals surface area contributed by atoms with Crippen molar-refractivity contribution in [2.75, 3.05) is 4.90 Å². The fourth-order valence-corrected chi connectivity index (χ4v) is 6.30. The first kappa shape index (κ1) is 18.4. The number of carbonyl (C=O) groups is 2. The SMILES string of the molecule is O=C1[C@@H]2C3c4ccccc4C([N+](=O)[O-])(c4ccccc43)[C@H]2C(=O)N1c1cccc(Br)c1. The van der Waals surface area contributed by atoms with Crippen LogP contribution in [-0.4, -0.2) is 16.7 Å². The third-order valence-corrected chi connectivity index (χ3v) is 7.42. The Hall–Kier alpha value is -3.32. The second kappa shape index (κ2) is 6.11. The van der Waals surface area contributed by atoms with Crippen LogP contribution in [0.15, 0.2) is 77.3 Å². The summed E-state index contributed by atoms with van der Waals surface area (Å²) in [5.41, 5.74) is 1.18. The van der Waals surface area contributed by atoms with E-state index in [0.717, 1.165) is 20.5 Å². The Balaban J connectivity index is 1.68. The highest BCUT2D eigenvalue weighted by atomic mass is 79.9. The third-order valence-electron chi connectivity index (χ3n) is 6.93. The van der Waals surface area contributed by atoms with E-state index in [-0.39, 0.29) is 10.8 Å². The summed E-state index contributed by atoms with van der Waals surface area (Å²) < 4.78 is 0.721. The van der Waals surface area contributed by atoms with Crippen molar-refractivity contribution >= 4 is 33.4 Å². The first-order valence-corrected chi connectivity index (χ1v) is 10.7. The molecule has 0 saturated carbocycles. The number of hydrogen-bond donors (Lipinski definition) is 0. The van der Waals surface area contributed by atoms with Crippen molar-refractivity contribution in [3.8, 4) is 0 Å². The van der Waals surface area contributed by atoms with Gasteiger partial charge in [0.25, 0.3) is 5.54 Å². The fraction of sp³-hybridized carbons (Fsp3) is 0.167. The lowest BCUT2D eigenvalue weighted by Gasteiger charge is -2.48. The number of benzene rings is 3. The molecule has 3 aromatic rings. The summed E-state index contributed by atoms with van der Waals surface area (Å²) in [6.07, 6.45) is 0. The predicted octanol–water partition coefficient (Wildman–Crippen LogP) is 4.23. The summed E-state index contributed by atoms with van der Waals surface area (Å²) in [5, 5.41) is 12.9. The molecular formula is C24H15BrN2O4. The van der Waals surface area contributed by atoms with Crippen LogP contribution in [0.5, 0.6) is 0 Å². The molecule has 3 aromatic carbocycles. The highest BCUT2D eigenvalue weighted by Crippen LogP contribution is 2.64. The Labute approximate surface area is 185 Å². The van der Waals surface area contributed by atoms with Crippen LogP contribution in [0, 0.1) is 22.0 Å². The molecule has 1 heterocycles. The zero-order valence-electron chi connectivity index (χ0n) is 16.1. The number of hydrogen-bond acceptors (Lipinski definition) is 4. The number of nitro groups is 1. The second-order valence-corrected chi connectivity index (χ2v) is 9.09. The van der Waals surface area contributed by atoms with Gasteiger partial charge < -0.3 is 0 Å². The smallest absolute Gasteiger partial charge is 0.274 e. The average molecular weight is 475 g/mol. The summed E-state index contributed by atoms with van der Waals surface area (Å²) in [4.78, 5) is 41.1. The zero-order valence-corrected chi connectivity index (χ0v) is 17.7. The van der Waals surface area contributed by atoms with E-state index < -0.39 is 29.2 Å². The van der Waals surface area contributed by atoms with Gasteiger partial charge in [0.15, 0.2) is 0 Å². The first-order chi connectivity index (χ1) is 15.0. The van der Waals surface area contributed by atoms with Crippen molar-refractivity contribution in [3.63, 3.8) is 0 Å². The maximum absolute atomic E-state index is 13.8. The minimum atomic E-state index is -1.79. The van der Waals surface area contributed by atoms with Crippen molar-refractivity contribution in [1.29, 1.82) is 0 Å². The molecule has 2 amide bonds. The van der Waals surface area contributed by atoms with Gasteiger partial charge in [0.05, 0.1) is 11.6 Å². The monoisotopic (exact) mass is 474 g/mol. The highest BCUT2D eigenvalue weighted by Gasteiger charge is 2.74. The van der Waals surface area contributed by atoms with Crippen molar-refractivity contribution in [2.24, 2.45) is 11.8 Å². The van der Waals surface area contributed by atoms with Gasteiger partial charge in [-0.1, -0.05) is 70.5 Å². The first-order valence-electron chi connectivity index (χ1n) is 9.94. The number of amides is 2. The van der Waals surface area contributed by atoms with E-state index in [1.807, 2.05) is 24.3 Å². The lowest BCUT2D eigenvalue weighted by molar-refractivity contribution is -0.578. The topological polar surface area (TPSA) is 80.5 Å². The van der Waals surface area contributed by atoms with E-state index in [9.17, 15) is 19.7 Å². The lowest BCUT2D eigenvalue weighted by atomic mass is 9.51. The van der Waals surface area contributed by atoms with Crippen LogP contribution in [0.25, 0.3) is 0 Å². The fourth-order valence-electron chi connectivity index (χ4n) is 5.91. The van der Waals surface area contributed by atoms with E-state index in [1.165, 1.54) is 0 Å². The molecule has 2 bridgehead atoms. The molecule has 0 unspecified atom stereocenters. The van der Waals surface area contributed by atoms with E-state index in [1.54, 1.807) is 48.5 Å². The number of imide groups is 1. The van der Waals surface area contributed by atoms with Crippen LogP contribution < -0.4 is 4.90 Å². The molecular weight excluding hydrogens is 460 g/mol. The number of nitrogens with zero attached hydrogens (tertiary/aromatic N) is 2. The molecule has 4 aliphatic rings. The average Bonchev–Trinajstić information content (AvgIpc) is 3.04. The molecule has 0 N–H and O–H groups in total. The standard InChI is InChI=1S/C24H15BrN2O4/c25-13-6-5-7-14(12-13)26-22(28)20-19-15-8-1-3-10-17(15)24(27(30)31,21(20)23(26)29)18-11-4-2-9-16(18)19/h1-12,19-21H/t19?,20-,21-,24?/m1/s1. The molecule has 2 atom stereocenters. The van der Waals surface area contributed by atoms with Gasteiger partial charge in [0.2, 0.25) is 11.8 Å². The predicted molar refractivity (Wildman–Crippen MR) is 116 cm³/mol. The number of carbonyl (C=O) groups excluding carboxylic acids is 2. The molecule has 6 nitrogen and oxygen atoms in total. The summed E-state index contributed by atoms with van der Waals surface area (Å²) in [6, 6.07) is 21.3. The summed E-state index contributed by atoms with van der Waals surface area (Å²) in [5.74, 6) is -3.20. The van der Waals surface area contributed by atoms with Gasteiger partial charge in [-0.3, -0.25) is 19.7 Å². The summed E-state index contributed by atoms with van der Waals surface area (Å²) in [7, 11) is 0. The molecule has 1 saturated heterocycles. The van der Waals surface area contributed by atoms with E-state index >= 15 is 0 Å². The van der Waals surface area contributed by atoms with Crippen LogP contribution in [-0.2, 0) is 15.1 Å². The molecule has 7 heteroatoms. The number of rotatable bonds is 2. The molecule has 0 radical (unpaired) electrons. The van der Waals surface area contributed by atoms with Crippen molar-refractivity contribution in [1.82, 2.24) is 0 Å². The van der Waals surface area contributed by atoms with Crippen molar-refractivity contribution in [3.05, 3.63) is 110 Å². The van der Waals surface area contributed by atoms with Gasteiger partial charge in [0, 0.05) is 26.4 Å². The van der Waals surface area contributed by atoms with Gasteiger partial charge >= 0.3 is 0 Å². The molecule has 3 aliphatic carbocycles. The normalized spacial score (nSPS) is 27.6. The third kappa shape index (κ3) is 2.07. The van der Waals surface area contributed by atoms with Gasteiger partial charge in [0.1, 0.15) is 5.92 Å². The Morgan fingerprint density at radius 2 is 1.48 bits per heavy atom. The molecule has 0 spiro atoms. The highest BCUT2D eigenvalue weighted by molar-refractivity contribution is 9.10. The Morgan fingerprint density at radius 3 is 2.06 bits per heavy atom. The molecule has 1 fully saturated rings. The molecule has 1 aliphatic heterocycles. The maximum atomic E-state index is 13.8. The molecule has 152 valence electrons. The quantitative estimate of drug-likeness (QED) is 0.316. The van der Waals surface area contributed by atoms with Crippen molar-refractivity contribution in [2.45, 2.75) is 11.5 Å². The van der Waals surface area contributed by atoms with Gasteiger partial charge in [-0.25, -0.2) is 4.90 Å². The van der Waals surface area contributed by atoms with Crippen molar-refractivity contribution < 1.29 is 14.5 Å². The van der Waals surface area contributed by atoms with Crippen LogP contribution in [0.4, 0.5) is 5.69 Å². The number of halogens is 1. The summed E-state index contributed by atoms with van der Waals surface area (Å²) >= 11 is 3.38. The lowest BCUT2D eigenvalue weighted by Crippen LogP contribution is -2.57. The van der Waals surface area contributed by atoms with Gasteiger partial charge in [-0.15, -0.1) is 0 Å². The summed E-state index contributed by atoms with van der Waals surface area (Å²) in [6.45, 7) is 0. The minimum Gasteiger partial charge on any atom is -0.274 e. The van der Waals surface area contributed by atoms with Gasteiger partial charge in [-0.05, 0) is 29.3 Å². The second-order valence-electron chi connectivity index (χ2n) is 8.17.